The Kier molecular flexibility index (Phi) is 5.11. The van der Waals surface area contributed by atoms with E-state index in [4.69, 9.17) is 11.6 Å². The molecule has 5 nitrogen and oxygen atoms in total. The molecule has 1 aromatic carbocycles. The van der Waals surface area contributed by atoms with Gasteiger partial charge in [-0.3, -0.25) is 14.6 Å². The van der Waals surface area contributed by atoms with Gasteiger partial charge in [0.25, 0.3) is 0 Å². The molecule has 124 valence electrons. The Bertz CT molecular complexity index is 719. The molecule has 2 aromatic rings. The Morgan fingerprint density at radius 1 is 1.25 bits per heavy atom. The van der Waals surface area contributed by atoms with Crippen LogP contribution in [-0.2, 0) is 9.59 Å². The second-order valence-electron chi connectivity index (χ2n) is 5.76. The fourth-order valence-electron chi connectivity index (χ4n) is 2.81. The Morgan fingerprint density at radius 3 is 2.67 bits per heavy atom. The minimum absolute atomic E-state index is 0.0366. The average Bonchev–Trinajstić information content (AvgIpc) is 2.99. The summed E-state index contributed by atoms with van der Waals surface area (Å²) in [5.41, 5.74) is 1.79. The van der Waals surface area contributed by atoms with Gasteiger partial charge in [0.2, 0.25) is 11.8 Å². The molecule has 0 spiro atoms. The molecule has 0 bridgehead atoms. The molecule has 1 aliphatic rings. The Hall–Kier alpha value is -2.40. The fraction of sp³-hybridized carbons (Fsp3) is 0.278. The van der Waals surface area contributed by atoms with E-state index in [1.165, 1.54) is 0 Å². The van der Waals surface area contributed by atoms with Gasteiger partial charge in [-0.1, -0.05) is 29.8 Å². The normalized spacial score (nSPS) is 15.4. The van der Waals surface area contributed by atoms with Crippen LogP contribution in [0.15, 0.2) is 48.8 Å². The van der Waals surface area contributed by atoms with Crippen LogP contribution in [0.1, 0.15) is 30.0 Å². The van der Waals surface area contributed by atoms with Gasteiger partial charge in [-0.25, -0.2) is 0 Å². The van der Waals surface area contributed by atoms with Crippen LogP contribution in [0.2, 0.25) is 5.02 Å². The van der Waals surface area contributed by atoms with Gasteiger partial charge in [0.15, 0.2) is 0 Å². The third kappa shape index (κ3) is 3.92. The number of carbonyl (C=O) groups excluding carboxylic acids is 2. The number of carbonyl (C=O) groups is 2. The zero-order chi connectivity index (χ0) is 16.9. The minimum atomic E-state index is -0.332. The van der Waals surface area contributed by atoms with Gasteiger partial charge in [0.1, 0.15) is 0 Å². The standard InChI is InChI=1S/C18H18ClN3O2/c19-15-7-5-13(6-8-15)18(14-3-1-9-20-11-14)21-16(23)12-22-10-2-4-17(22)24/h1,3,5-9,11,18H,2,4,10,12H2,(H,21,23). The van der Waals surface area contributed by atoms with E-state index in [0.717, 1.165) is 17.5 Å². The smallest absolute Gasteiger partial charge is 0.240 e. The second kappa shape index (κ2) is 7.45. The summed E-state index contributed by atoms with van der Waals surface area (Å²) in [6.07, 6.45) is 4.75. The molecule has 1 saturated heterocycles. The number of nitrogens with one attached hydrogen (secondary N) is 1. The van der Waals surface area contributed by atoms with Crippen LogP contribution in [-0.4, -0.2) is 34.8 Å². The number of hydrogen-bond donors (Lipinski definition) is 1. The lowest BCUT2D eigenvalue weighted by Crippen LogP contribution is -2.39. The first kappa shape index (κ1) is 16.5. The number of halogens is 1. The van der Waals surface area contributed by atoms with E-state index in [0.29, 0.717) is 18.0 Å². The van der Waals surface area contributed by atoms with Crippen LogP contribution in [0.4, 0.5) is 0 Å². The number of likely N-dealkylation sites (tertiary alicyclic amines) is 1. The zero-order valence-corrected chi connectivity index (χ0v) is 13.9. The summed E-state index contributed by atoms with van der Waals surface area (Å²) in [7, 11) is 0. The Morgan fingerprint density at radius 2 is 2.04 bits per heavy atom. The number of nitrogens with zero attached hydrogens (tertiary/aromatic N) is 2. The van der Waals surface area contributed by atoms with Crippen LogP contribution >= 0.6 is 11.6 Å². The maximum atomic E-state index is 12.4. The number of benzene rings is 1. The first-order chi connectivity index (χ1) is 11.6. The first-order valence-corrected chi connectivity index (χ1v) is 8.24. The van der Waals surface area contributed by atoms with Crippen molar-refractivity contribution in [1.82, 2.24) is 15.2 Å². The molecule has 6 heteroatoms. The van der Waals surface area contributed by atoms with Crippen molar-refractivity contribution in [2.24, 2.45) is 0 Å². The maximum absolute atomic E-state index is 12.4. The lowest BCUT2D eigenvalue weighted by Gasteiger charge is -2.22. The van der Waals surface area contributed by atoms with Crippen molar-refractivity contribution < 1.29 is 9.59 Å². The lowest BCUT2D eigenvalue weighted by atomic mass is 10.00. The van der Waals surface area contributed by atoms with E-state index in [1.807, 2.05) is 24.3 Å². The zero-order valence-electron chi connectivity index (χ0n) is 13.1. The fourth-order valence-corrected chi connectivity index (χ4v) is 2.94. The number of amides is 2. The maximum Gasteiger partial charge on any atom is 0.240 e. The molecule has 2 heterocycles. The van der Waals surface area contributed by atoms with Crippen molar-refractivity contribution >= 4 is 23.4 Å². The second-order valence-corrected chi connectivity index (χ2v) is 6.19. The number of aromatic nitrogens is 1. The van der Waals surface area contributed by atoms with Gasteiger partial charge in [-0.2, -0.15) is 0 Å². The quantitative estimate of drug-likeness (QED) is 0.907. The third-order valence-electron chi connectivity index (χ3n) is 4.03. The molecule has 2 amide bonds. The summed E-state index contributed by atoms with van der Waals surface area (Å²) in [5.74, 6) is -0.149. The van der Waals surface area contributed by atoms with Crippen molar-refractivity contribution in [2.45, 2.75) is 18.9 Å². The topological polar surface area (TPSA) is 62.3 Å². The highest BCUT2D eigenvalue weighted by molar-refractivity contribution is 6.30. The molecule has 1 N–H and O–H groups in total. The predicted octanol–water partition coefficient (Wildman–Crippen LogP) is 2.56. The average molecular weight is 344 g/mol. The molecule has 0 saturated carbocycles. The Labute approximate surface area is 145 Å². The van der Waals surface area contributed by atoms with Gasteiger partial charge >= 0.3 is 0 Å². The van der Waals surface area contributed by atoms with Crippen LogP contribution in [0.3, 0.4) is 0 Å². The molecule has 1 unspecified atom stereocenters. The van der Waals surface area contributed by atoms with Crippen LogP contribution in [0, 0.1) is 0 Å². The molecule has 3 rings (SSSR count). The monoisotopic (exact) mass is 343 g/mol. The summed E-state index contributed by atoms with van der Waals surface area (Å²) in [5, 5.41) is 3.64. The van der Waals surface area contributed by atoms with E-state index < -0.39 is 0 Å². The highest BCUT2D eigenvalue weighted by Crippen LogP contribution is 2.23. The van der Waals surface area contributed by atoms with E-state index >= 15 is 0 Å². The van der Waals surface area contributed by atoms with E-state index in [1.54, 1.807) is 29.4 Å². The summed E-state index contributed by atoms with van der Waals surface area (Å²) >= 11 is 5.95. The van der Waals surface area contributed by atoms with Crippen molar-refractivity contribution in [1.29, 1.82) is 0 Å². The Balaban J connectivity index is 1.78. The van der Waals surface area contributed by atoms with E-state index in [2.05, 4.69) is 10.3 Å². The van der Waals surface area contributed by atoms with E-state index in [-0.39, 0.29) is 24.4 Å². The predicted molar refractivity (Wildman–Crippen MR) is 91.5 cm³/mol. The molecular formula is C18H18ClN3O2. The summed E-state index contributed by atoms with van der Waals surface area (Å²) in [6, 6.07) is 10.7. The van der Waals surface area contributed by atoms with Gasteiger partial charge in [-0.15, -0.1) is 0 Å². The molecule has 1 atom stereocenters. The van der Waals surface area contributed by atoms with Crippen LogP contribution in [0.25, 0.3) is 0 Å². The number of rotatable bonds is 5. The molecule has 0 radical (unpaired) electrons. The SMILES string of the molecule is O=C(CN1CCCC1=O)NC(c1ccc(Cl)cc1)c1cccnc1. The number of hydrogen-bond acceptors (Lipinski definition) is 3. The first-order valence-electron chi connectivity index (χ1n) is 7.86. The summed E-state index contributed by atoms with van der Waals surface area (Å²) < 4.78 is 0. The number of pyridine rings is 1. The molecule has 1 aliphatic heterocycles. The third-order valence-corrected chi connectivity index (χ3v) is 4.28. The van der Waals surface area contributed by atoms with Crippen molar-refractivity contribution in [3.05, 3.63) is 64.9 Å². The van der Waals surface area contributed by atoms with Crippen LogP contribution < -0.4 is 5.32 Å². The molecular weight excluding hydrogens is 326 g/mol. The molecule has 1 fully saturated rings. The van der Waals surface area contributed by atoms with Gasteiger partial charge in [0.05, 0.1) is 12.6 Å². The molecule has 1 aromatic heterocycles. The highest BCUT2D eigenvalue weighted by Gasteiger charge is 2.24. The van der Waals surface area contributed by atoms with Gasteiger partial charge in [0, 0.05) is 30.4 Å². The van der Waals surface area contributed by atoms with Crippen molar-refractivity contribution in [3.8, 4) is 0 Å². The summed E-state index contributed by atoms with van der Waals surface area (Å²) in [4.78, 5) is 29.8. The lowest BCUT2D eigenvalue weighted by molar-refractivity contribution is -0.133. The van der Waals surface area contributed by atoms with E-state index in [9.17, 15) is 9.59 Å². The largest absolute Gasteiger partial charge is 0.344 e. The van der Waals surface area contributed by atoms with Gasteiger partial charge < -0.3 is 10.2 Å². The highest BCUT2D eigenvalue weighted by atomic mass is 35.5. The van der Waals surface area contributed by atoms with Crippen molar-refractivity contribution in [3.63, 3.8) is 0 Å². The van der Waals surface area contributed by atoms with Crippen molar-refractivity contribution in [2.75, 3.05) is 13.1 Å². The van der Waals surface area contributed by atoms with Crippen LogP contribution in [0.5, 0.6) is 0 Å². The molecule has 24 heavy (non-hydrogen) atoms. The summed E-state index contributed by atoms with van der Waals surface area (Å²) in [6.45, 7) is 0.730. The van der Waals surface area contributed by atoms with Gasteiger partial charge in [-0.05, 0) is 35.7 Å². The minimum Gasteiger partial charge on any atom is -0.344 e. The molecule has 0 aliphatic carbocycles.